The van der Waals surface area contributed by atoms with Crippen LogP contribution >= 0.6 is 11.6 Å². The summed E-state index contributed by atoms with van der Waals surface area (Å²) in [5.74, 6) is -0.917. The number of para-hydroxylation sites is 1. The zero-order chi connectivity index (χ0) is 16.6. The topological polar surface area (TPSA) is 42.2 Å². The van der Waals surface area contributed by atoms with E-state index in [0.29, 0.717) is 16.3 Å². The maximum atomic E-state index is 11.4. The summed E-state index contributed by atoms with van der Waals surface area (Å²) in [5.41, 5.74) is 4.71. The molecule has 4 heteroatoms. The number of benzene rings is 2. The van der Waals surface area contributed by atoms with Gasteiger partial charge in [0.05, 0.1) is 11.3 Å². The van der Waals surface area contributed by atoms with E-state index in [9.17, 15) is 9.90 Å². The summed E-state index contributed by atoms with van der Waals surface area (Å²) in [7, 11) is 0. The zero-order valence-electron chi connectivity index (χ0n) is 12.9. The second-order valence-corrected chi connectivity index (χ2v) is 5.83. The number of nitrogens with zero attached hydrogens (tertiary/aromatic N) is 1. The highest BCUT2D eigenvalue weighted by molar-refractivity contribution is 6.33. The van der Waals surface area contributed by atoms with Gasteiger partial charge in [0, 0.05) is 27.5 Å². The average Bonchev–Trinajstić information content (AvgIpc) is 2.83. The molecule has 2 aromatic carbocycles. The number of aromatic carboxylic acids is 1. The van der Waals surface area contributed by atoms with Gasteiger partial charge in [0.25, 0.3) is 0 Å². The number of aromatic nitrogens is 1. The Morgan fingerprint density at radius 3 is 2.22 bits per heavy atom. The number of aryl methyl sites for hydroxylation is 1. The standard InChI is InChI=1S/C19H16ClNO2/c1-12-11-16(19(22)23)13(2)21(12)18-10-6-4-8-15(18)14-7-3-5-9-17(14)20/h3-11H,1-2H3,(H,22,23). The van der Waals surface area contributed by atoms with Gasteiger partial charge in [-0.1, -0.05) is 48.0 Å². The van der Waals surface area contributed by atoms with E-state index >= 15 is 0 Å². The van der Waals surface area contributed by atoms with Gasteiger partial charge < -0.3 is 9.67 Å². The van der Waals surface area contributed by atoms with Crippen molar-refractivity contribution in [3.8, 4) is 16.8 Å². The minimum atomic E-state index is -0.917. The van der Waals surface area contributed by atoms with E-state index in [1.807, 2.05) is 66.9 Å². The van der Waals surface area contributed by atoms with Crippen molar-refractivity contribution in [2.24, 2.45) is 0 Å². The molecule has 0 aliphatic heterocycles. The third kappa shape index (κ3) is 2.64. The zero-order valence-corrected chi connectivity index (χ0v) is 13.6. The van der Waals surface area contributed by atoms with Crippen LogP contribution in [0.5, 0.6) is 0 Å². The average molecular weight is 326 g/mol. The lowest BCUT2D eigenvalue weighted by atomic mass is 10.0. The lowest BCUT2D eigenvalue weighted by Crippen LogP contribution is -2.04. The Morgan fingerprint density at radius 2 is 1.61 bits per heavy atom. The Kier molecular flexibility index (Phi) is 3.97. The first-order valence-corrected chi connectivity index (χ1v) is 7.65. The van der Waals surface area contributed by atoms with Gasteiger partial charge in [-0.2, -0.15) is 0 Å². The summed E-state index contributed by atoms with van der Waals surface area (Å²) in [6.45, 7) is 3.72. The first-order chi connectivity index (χ1) is 11.0. The highest BCUT2D eigenvalue weighted by Gasteiger charge is 2.18. The Balaban J connectivity index is 2.28. The van der Waals surface area contributed by atoms with E-state index in [4.69, 9.17) is 11.6 Å². The van der Waals surface area contributed by atoms with Crippen LogP contribution in [0.1, 0.15) is 21.7 Å². The molecular formula is C19H16ClNO2. The van der Waals surface area contributed by atoms with Gasteiger partial charge in [0.1, 0.15) is 0 Å². The van der Waals surface area contributed by atoms with Crippen molar-refractivity contribution in [1.82, 2.24) is 4.57 Å². The molecule has 0 saturated heterocycles. The molecule has 0 aliphatic rings. The van der Waals surface area contributed by atoms with Crippen LogP contribution in [0.3, 0.4) is 0 Å². The molecule has 0 spiro atoms. The monoisotopic (exact) mass is 325 g/mol. The van der Waals surface area contributed by atoms with E-state index in [0.717, 1.165) is 22.5 Å². The normalized spacial score (nSPS) is 10.7. The van der Waals surface area contributed by atoms with Gasteiger partial charge >= 0.3 is 5.97 Å². The summed E-state index contributed by atoms with van der Waals surface area (Å²) >= 11 is 6.35. The first kappa shape index (κ1) is 15.4. The van der Waals surface area contributed by atoms with E-state index in [1.54, 1.807) is 6.07 Å². The minimum Gasteiger partial charge on any atom is -0.478 e. The van der Waals surface area contributed by atoms with E-state index in [-0.39, 0.29) is 0 Å². The second-order valence-electron chi connectivity index (χ2n) is 5.42. The van der Waals surface area contributed by atoms with Gasteiger partial charge in [-0.05, 0) is 32.0 Å². The Labute approximate surface area is 139 Å². The maximum absolute atomic E-state index is 11.4. The van der Waals surface area contributed by atoms with Crippen molar-refractivity contribution in [2.75, 3.05) is 0 Å². The summed E-state index contributed by atoms with van der Waals surface area (Å²) in [6, 6.07) is 17.2. The molecular weight excluding hydrogens is 310 g/mol. The molecule has 116 valence electrons. The van der Waals surface area contributed by atoms with Crippen LogP contribution in [0.15, 0.2) is 54.6 Å². The highest BCUT2D eigenvalue weighted by atomic mass is 35.5. The van der Waals surface area contributed by atoms with Crippen LogP contribution in [0.2, 0.25) is 5.02 Å². The van der Waals surface area contributed by atoms with Gasteiger partial charge in [-0.3, -0.25) is 0 Å². The van der Waals surface area contributed by atoms with Crippen molar-refractivity contribution in [3.05, 3.63) is 76.6 Å². The molecule has 1 N–H and O–H groups in total. The maximum Gasteiger partial charge on any atom is 0.337 e. The molecule has 0 bridgehead atoms. The lowest BCUT2D eigenvalue weighted by Gasteiger charge is -2.16. The molecule has 3 rings (SSSR count). The molecule has 0 fully saturated rings. The number of hydrogen-bond donors (Lipinski definition) is 1. The van der Waals surface area contributed by atoms with Crippen LogP contribution in [-0.4, -0.2) is 15.6 Å². The van der Waals surface area contributed by atoms with Crippen LogP contribution < -0.4 is 0 Å². The van der Waals surface area contributed by atoms with Crippen molar-refractivity contribution in [2.45, 2.75) is 13.8 Å². The van der Waals surface area contributed by atoms with Gasteiger partial charge in [0.15, 0.2) is 0 Å². The largest absolute Gasteiger partial charge is 0.478 e. The molecule has 0 atom stereocenters. The Bertz CT molecular complexity index is 896. The third-order valence-electron chi connectivity index (χ3n) is 3.97. The van der Waals surface area contributed by atoms with Gasteiger partial charge in [-0.25, -0.2) is 4.79 Å². The predicted octanol–water partition coefficient (Wildman–Crippen LogP) is 5.11. The number of rotatable bonds is 3. The second kappa shape index (κ2) is 5.94. The highest BCUT2D eigenvalue weighted by Crippen LogP contribution is 2.34. The molecule has 3 nitrogen and oxygen atoms in total. The SMILES string of the molecule is Cc1cc(C(=O)O)c(C)n1-c1ccccc1-c1ccccc1Cl. The van der Waals surface area contributed by atoms with Crippen molar-refractivity contribution in [3.63, 3.8) is 0 Å². The fourth-order valence-corrected chi connectivity index (χ4v) is 3.16. The Morgan fingerprint density at radius 1 is 1.00 bits per heavy atom. The molecule has 1 aromatic heterocycles. The molecule has 0 unspecified atom stereocenters. The number of hydrogen-bond acceptors (Lipinski definition) is 1. The summed E-state index contributed by atoms with van der Waals surface area (Å²) in [4.78, 5) is 11.4. The van der Waals surface area contributed by atoms with Crippen LogP contribution in [-0.2, 0) is 0 Å². The minimum absolute atomic E-state index is 0.316. The molecule has 1 heterocycles. The van der Waals surface area contributed by atoms with Crippen LogP contribution in [0.4, 0.5) is 0 Å². The quantitative estimate of drug-likeness (QED) is 0.726. The summed E-state index contributed by atoms with van der Waals surface area (Å²) in [5, 5.41) is 10.0. The van der Waals surface area contributed by atoms with Crippen LogP contribution in [0, 0.1) is 13.8 Å². The smallest absolute Gasteiger partial charge is 0.337 e. The van der Waals surface area contributed by atoms with Crippen molar-refractivity contribution in [1.29, 1.82) is 0 Å². The number of halogens is 1. The van der Waals surface area contributed by atoms with E-state index in [1.165, 1.54) is 0 Å². The van der Waals surface area contributed by atoms with Crippen molar-refractivity contribution >= 4 is 17.6 Å². The molecule has 0 saturated carbocycles. The summed E-state index contributed by atoms with van der Waals surface area (Å²) in [6.07, 6.45) is 0. The molecule has 0 aliphatic carbocycles. The predicted molar refractivity (Wildman–Crippen MR) is 92.6 cm³/mol. The third-order valence-corrected chi connectivity index (χ3v) is 4.30. The lowest BCUT2D eigenvalue weighted by molar-refractivity contribution is 0.0696. The number of carboxylic acid groups (broad SMARTS) is 1. The van der Waals surface area contributed by atoms with Crippen LogP contribution in [0.25, 0.3) is 16.8 Å². The van der Waals surface area contributed by atoms with E-state index < -0.39 is 5.97 Å². The number of carboxylic acids is 1. The first-order valence-electron chi connectivity index (χ1n) is 7.27. The Hall–Kier alpha value is -2.52. The summed E-state index contributed by atoms with van der Waals surface area (Å²) < 4.78 is 1.96. The fraction of sp³-hybridized carbons (Fsp3) is 0.105. The van der Waals surface area contributed by atoms with Gasteiger partial charge in [-0.15, -0.1) is 0 Å². The van der Waals surface area contributed by atoms with Crippen molar-refractivity contribution < 1.29 is 9.90 Å². The molecule has 0 amide bonds. The molecule has 3 aromatic rings. The molecule has 23 heavy (non-hydrogen) atoms. The van der Waals surface area contributed by atoms with Gasteiger partial charge in [0.2, 0.25) is 0 Å². The number of carbonyl (C=O) groups is 1. The molecule has 0 radical (unpaired) electrons. The van der Waals surface area contributed by atoms with E-state index in [2.05, 4.69) is 0 Å². The fourth-order valence-electron chi connectivity index (χ4n) is 2.93.